The highest BCUT2D eigenvalue weighted by atomic mass is 79.9. The molecule has 4 heteroatoms. The second-order valence-corrected chi connectivity index (χ2v) is 4.26. The first-order chi connectivity index (χ1) is 5.74. The first-order valence-electron chi connectivity index (χ1n) is 3.38. The average molecular weight is 314 g/mol. The van der Waals surface area contributed by atoms with Crippen LogP contribution in [0.1, 0.15) is 0 Å². The van der Waals surface area contributed by atoms with Crippen LogP contribution in [0.4, 0.5) is 0 Å². The van der Waals surface area contributed by atoms with Gasteiger partial charge in [-0.15, -0.1) is 11.6 Å². The van der Waals surface area contributed by atoms with Crippen LogP contribution < -0.4 is 4.74 Å². The van der Waals surface area contributed by atoms with Crippen LogP contribution in [0.5, 0.6) is 5.75 Å². The van der Waals surface area contributed by atoms with Crippen molar-refractivity contribution in [2.24, 2.45) is 0 Å². The second kappa shape index (κ2) is 5.10. The molecule has 0 aromatic heterocycles. The zero-order valence-corrected chi connectivity index (χ0v) is 10.1. The molecular formula is C8H7Br2ClO. The molecule has 0 spiro atoms. The van der Waals surface area contributed by atoms with Crippen LogP contribution in [-0.4, -0.2) is 12.5 Å². The number of rotatable bonds is 3. The van der Waals surface area contributed by atoms with E-state index in [9.17, 15) is 0 Å². The fourth-order valence-corrected chi connectivity index (χ4v) is 1.98. The van der Waals surface area contributed by atoms with Crippen LogP contribution in [-0.2, 0) is 0 Å². The van der Waals surface area contributed by atoms with Gasteiger partial charge in [0.25, 0.3) is 0 Å². The Morgan fingerprint density at radius 3 is 2.67 bits per heavy atom. The Morgan fingerprint density at radius 1 is 1.33 bits per heavy atom. The average Bonchev–Trinajstić information content (AvgIpc) is 2.03. The quantitative estimate of drug-likeness (QED) is 0.771. The molecule has 66 valence electrons. The van der Waals surface area contributed by atoms with Crippen LogP contribution in [0.25, 0.3) is 0 Å². The maximum Gasteiger partial charge on any atom is 0.133 e. The summed E-state index contributed by atoms with van der Waals surface area (Å²) in [6.45, 7) is 0.530. The molecular weight excluding hydrogens is 307 g/mol. The molecule has 0 fully saturated rings. The Balaban J connectivity index is 2.72. The zero-order valence-electron chi connectivity index (χ0n) is 6.19. The normalized spacial score (nSPS) is 9.92. The molecule has 0 atom stereocenters. The van der Waals surface area contributed by atoms with Crippen LogP contribution >= 0.6 is 43.5 Å². The highest BCUT2D eigenvalue weighted by Crippen LogP contribution is 2.27. The van der Waals surface area contributed by atoms with Gasteiger partial charge in [0.05, 0.1) is 10.4 Å². The SMILES string of the molecule is ClCCOc1ccc(Br)cc1Br. The minimum atomic E-state index is 0.502. The number of hydrogen-bond donors (Lipinski definition) is 0. The van der Waals surface area contributed by atoms with Crippen molar-refractivity contribution in [1.82, 2.24) is 0 Å². The van der Waals surface area contributed by atoms with Gasteiger partial charge < -0.3 is 4.74 Å². The predicted octanol–water partition coefficient (Wildman–Crippen LogP) is 3.83. The van der Waals surface area contributed by atoms with Crippen LogP contribution in [0.15, 0.2) is 27.1 Å². The summed E-state index contributed by atoms with van der Waals surface area (Å²) in [6, 6.07) is 5.75. The van der Waals surface area contributed by atoms with Crippen molar-refractivity contribution in [3.05, 3.63) is 27.1 Å². The lowest BCUT2D eigenvalue weighted by atomic mass is 10.3. The summed E-state index contributed by atoms with van der Waals surface area (Å²) in [6.07, 6.45) is 0. The van der Waals surface area contributed by atoms with Gasteiger partial charge in [-0.05, 0) is 34.1 Å². The third-order valence-corrected chi connectivity index (χ3v) is 2.50. The molecule has 1 aromatic rings. The summed E-state index contributed by atoms with van der Waals surface area (Å²) in [5, 5.41) is 0. The smallest absolute Gasteiger partial charge is 0.133 e. The van der Waals surface area contributed by atoms with E-state index in [2.05, 4.69) is 31.9 Å². The Bertz CT molecular complexity index is 265. The molecule has 0 heterocycles. The molecule has 0 N–H and O–H groups in total. The van der Waals surface area contributed by atoms with Gasteiger partial charge in [-0.2, -0.15) is 0 Å². The van der Waals surface area contributed by atoms with E-state index in [4.69, 9.17) is 16.3 Å². The first-order valence-corrected chi connectivity index (χ1v) is 5.50. The maximum atomic E-state index is 5.49. The number of alkyl halides is 1. The van der Waals surface area contributed by atoms with Gasteiger partial charge in [0, 0.05) is 4.47 Å². The predicted molar refractivity (Wildman–Crippen MR) is 58.1 cm³/mol. The molecule has 0 bridgehead atoms. The molecule has 1 rings (SSSR count). The molecule has 0 amide bonds. The van der Waals surface area contributed by atoms with Crippen molar-refractivity contribution < 1.29 is 4.74 Å². The van der Waals surface area contributed by atoms with E-state index >= 15 is 0 Å². The Kier molecular flexibility index (Phi) is 4.40. The zero-order chi connectivity index (χ0) is 8.97. The van der Waals surface area contributed by atoms with Crippen molar-refractivity contribution in [3.63, 3.8) is 0 Å². The molecule has 12 heavy (non-hydrogen) atoms. The molecule has 0 saturated carbocycles. The fourth-order valence-electron chi connectivity index (χ4n) is 0.741. The molecule has 0 saturated heterocycles. The van der Waals surface area contributed by atoms with Gasteiger partial charge in [0.15, 0.2) is 0 Å². The Morgan fingerprint density at radius 2 is 2.08 bits per heavy atom. The van der Waals surface area contributed by atoms with Gasteiger partial charge in [0.1, 0.15) is 12.4 Å². The highest BCUT2D eigenvalue weighted by Gasteiger charge is 2.00. The standard InChI is InChI=1S/C8H7Br2ClO/c9-6-1-2-8(7(10)5-6)12-4-3-11/h1-2,5H,3-4H2. The first kappa shape index (κ1) is 10.4. The number of benzene rings is 1. The van der Waals surface area contributed by atoms with Gasteiger partial charge in [-0.3, -0.25) is 0 Å². The summed E-state index contributed by atoms with van der Waals surface area (Å²) in [4.78, 5) is 0. The lowest BCUT2D eigenvalue weighted by molar-refractivity contribution is 0.340. The van der Waals surface area contributed by atoms with E-state index in [1.165, 1.54) is 0 Å². The van der Waals surface area contributed by atoms with Crippen LogP contribution in [0.3, 0.4) is 0 Å². The van der Waals surface area contributed by atoms with Crippen molar-refractivity contribution in [2.75, 3.05) is 12.5 Å². The minimum absolute atomic E-state index is 0.502. The summed E-state index contributed by atoms with van der Waals surface area (Å²) in [5.74, 6) is 1.32. The lowest BCUT2D eigenvalue weighted by Gasteiger charge is -2.05. The molecule has 0 unspecified atom stereocenters. The van der Waals surface area contributed by atoms with Crippen LogP contribution in [0, 0.1) is 0 Å². The van der Waals surface area contributed by atoms with E-state index in [0.717, 1.165) is 14.7 Å². The van der Waals surface area contributed by atoms with Gasteiger partial charge in [0.2, 0.25) is 0 Å². The third kappa shape index (κ3) is 2.96. The number of ether oxygens (including phenoxy) is 1. The summed E-state index contributed by atoms with van der Waals surface area (Å²) in [5.41, 5.74) is 0. The largest absolute Gasteiger partial charge is 0.491 e. The van der Waals surface area contributed by atoms with E-state index in [1.54, 1.807) is 0 Å². The highest BCUT2D eigenvalue weighted by molar-refractivity contribution is 9.11. The third-order valence-electron chi connectivity index (χ3n) is 1.23. The Hall–Kier alpha value is 0.270. The minimum Gasteiger partial charge on any atom is -0.491 e. The maximum absolute atomic E-state index is 5.49. The molecule has 1 nitrogen and oxygen atoms in total. The van der Waals surface area contributed by atoms with E-state index in [0.29, 0.717) is 12.5 Å². The topological polar surface area (TPSA) is 9.23 Å². The summed E-state index contributed by atoms with van der Waals surface area (Å²) in [7, 11) is 0. The van der Waals surface area contributed by atoms with Crippen molar-refractivity contribution in [1.29, 1.82) is 0 Å². The van der Waals surface area contributed by atoms with Crippen LogP contribution in [0.2, 0.25) is 0 Å². The van der Waals surface area contributed by atoms with Gasteiger partial charge >= 0.3 is 0 Å². The fraction of sp³-hybridized carbons (Fsp3) is 0.250. The molecule has 0 aliphatic carbocycles. The summed E-state index contributed by atoms with van der Waals surface area (Å²) < 4.78 is 7.29. The van der Waals surface area contributed by atoms with Crippen molar-refractivity contribution in [3.8, 4) is 5.75 Å². The molecule has 1 aromatic carbocycles. The monoisotopic (exact) mass is 312 g/mol. The van der Waals surface area contributed by atoms with E-state index in [1.807, 2.05) is 18.2 Å². The van der Waals surface area contributed by atoms with E-state index < -0.39 is 0 Å². The van der Waals surface area contributed by atoms with Gasteiger partial charge in [-0.25, -0.2) is 0 Å². The molecule has 0 aliphatic rings. The van der Waals surface area contributed by atoms with Crippen molar-refractivity contribution >= 4 is 43.5 Å². The number of halogens is 3. The van der Waals surface area contributed by atoms with Crippen molar-refractivity contribution in [2.45, 2.75) is 0 Å². The Labute approximate surface area is 93.3 Å². The van der Waals surface area contributed by atoms with E-state index in [-0.39, 0.29) is 0 Å². The van der Waals surface area contributed by atoms with Gasteiger partial charge in [-0.1, -0.05) is 15.9 Å². The molecule has 0 radical (unpaired) electrons. The second-order valence-electron chi connectivity index (χ2n) is 2.11. The number of hydrogen-bond acceptors (Lipinski definition) is 1. The lowest BCUT2D eigenvalue weighted by Crippen LogP contribution is -1.98. The summed E-state index contributed by atoms with van der Waals surface area (Å²) >= 11 is 12.2. The molecule has 0 aliphatic heterocycles.